The lowest BCUT2D eigenvalue weighted by atomic mass is 10.2. The van der Waals surface area contributed by atoms with Crippen LogP contribution in [0.4, 0.5) is 11.5 Å². The van der Waals surface area contributed by atoms with Crippen LogP contribution >= 0.6 is 11.3 Å². The summed E-state index contributed by atoms with van der Waals surface area (Å²) in [7, 11) is 1.71. The molecule has 1 aromatic carbocycles. The summed E-state index contributed by atoms with van der Waals surface area (Å²) in [4.78, 5) is 37.5. The van der Waals surface area contributed by atoms with Gasteiger partial charge in [-0.15, -0.1) is 11.3 Å². The molecule has 0 aliphatic carbocycles. The zero-order valence-electron chi connectivity index (χ0n) is 21.1. The van der Waals surface area contributed by atoms with Gasteiger partial charge in [0.15, 0.2) is 10.9 Å². The van der Waals surface area contributed by atoms with E-state index in [1.54, 1.807) is 29.3 Å². The van der Waals surface area contributed by atoms with Gasteiger partial charge in [0, 0.05) is 57.5 Å². The van der Waals surface area contributed by atoms with Crippen LogP contribution in [0, 0.1) is 0 Å². The first-order chi connectivity index (χ1) is 18.6. The van der Waals surface area contributed by atoms with E-state index in [-0.39, 0.29) is 23.4 Å². The number of rotatable bonds is 7. The maximum Gasteiger partial charge on any atom is 0.335 e. The van der Waals surface area contributed by atoms with Crippen molar-refractivity contribution in [3.8, 4) is 10.9 Å². The van der Waals surface area contributed by atoms with Gasteiger partial charge in [0.25, 0.3) is 5.91 Å². The number of nitrogens with one attached hydrogen (secondary N) is 2. The number of anilines is 2. The minimum absolute atomic E-state index is 0.110. The molecule has 2 aliphatic rings. The number of aromatic nitrogens is 4. The average molecular weight is 536 g/mol. The van der Waals surface area contributed by atoms with Crippen molar-refractivity contribution < 1.29 is 14.3 Å². The molecule has 2 N–H and O–H groups in total. The van der Waals surface area contributed by atoms with Crippen LogP contribution in [0.1, 0.15) is 23.3 Å². The van der Waals surface area contributed by atoms with Crippen LogP contribution in [-0.4, -0.2) is 70.5 Å². The highest BCUT2D eigenvalue weighted by molar-refractivity contribution is 7.12. The molecule has 0 saturated carbocycles. The molecule has 198 valence electrons. The van der Waals surface area contributed by atoms with E-state index in [0.29, 0.717) is 28.7 Å². The Morgan fingerprint density at radius 2 is 2.13 bits per heavy atom. The van der Waals surface area contributed by atoms with Crippen LogP contribution < -0.4 is 26.0 Å². The van der Waals surface area contributed by atoms with Crippen molar-refractivity contribution in [2.75, 3.05) is 49.6 Å². The number of hydrogen-bond donors (Lipinski definition) is 2. The molecule has 0 radical (unpaired) electrons. The van der Waals surface area contributed by atoms with Gasteiger partial charge in [0.2, 0.25) is 0 Å². The molecule has 2 aliphatic heterocycles. The fraction of sp³-hybridized carbons (Fsp3) is 0.385. The van der Waals surface area contributed by atoms with Crippen molar-refractivity contribution >= 4 is 39.8 Å². The number of benzene rings is 1. The van der Waals surface area contributed by atoms with Gasteiger partial charge in [-0.1, -0.05) is 0 Å². The van der Waals surface area contributed by atoms with E-state index in [2.05, 4.69) is 25.5 Å². The van der Waals surface area contributed by atoms with Crippen molar-refractivity contribution in [1.82, 2.24) is 24.4 Å². The number of aryl methyl sites for hydroxylation is 1. The van der Waals surface area contributed by atoms with Gasteiger partial charge >= 0.3 is 5.69 Å². The van der Waals surface area contributed by atoms with E-state index in [1.165, 1.54) is 15.9 Å². The molecule has 38 heavy (non-hydrogen) atoms. The van der Waals surface area contributed by atoms with Crippen LogP contribution in [0.2, 0.25) is 0 Å². The molecule has 1 amide bonds. The summed E-state index contributed by atoms with van der Waals surface area (Å²) >= 11 is 1.24. The van der Waals surface area contributed by atoms with Crippen LogP contribution in [0.25, 0.3) is 16.2 Å². The minimum Gasteiger partial charge on any atom is -0.491 e. The Hall–Kier alpha value is -3.74. The van der Waals surface area contributed by atoms with Crippen molar-refractivity contribution in [2.45, 2.75) is 18.9 Å². The molecular formula is C26H29N7O4S. The van der Waals surface area contributed by atoms with Crippen LogP contribution in [-0.2, 0) is 11.8 Å². The van der Waals surface area contributed by atoms with Gasteiger partial charge < -0.3 is 25.0 Å². The summed E-state index contributed by atoms with van der Waals surface area (Å²) in [6.07, 6.45) is 3.88. The summed E-state index contributed by atoms with van der Waals surface area (Å²) in [5.74, 6) is 1.06. The predicted molar refractivity (Wildman–Crippen MR) is 146 cm³/mol. The average Bonchev–Trinajstić information content (AvgIpc) is 3.70. The second-order valence-corrected chi connectivity index (χ2v) is 10.2. The molecular weight excluding hydrogens is 506 g/mol. The number of amides is 1. The summed E-state index contributed by atoms with van der Waals surface area (Å²) in [6.45, 7) is 4.61. The number of ether oxygens (including phenoxy) is 2. The van der Waals surface area contributed by atoms with E-state index in [1.807, 2.05) is 24.3 Å². The number of imidazole rings is 1. The Morgan fingerprint density at radius 1 is 1.26 bits per heavy atom. The lowest BCUT2D eigenvalue weighted by Crippen LogP contribution is -2.44. The van der Waals surface area contributed by atoms with Gasteiger partial charge in [-0.3, -0.25) is 9.36 Å². The Bertz CT molecular complexity index is 1520. The number of hydrogen-bond acceptors (Lipinski definition) is 9. The van der Waals surface area contributed by atoms with E-state index < -0.39 is 0 Å². The number of nitrogens with zero attached hydrogens (tertiary/aromatic N) is 5. The zero-order valence-corrected chi connectivity index (χ0v) is 21.9. The van der Waals surface area contributed by atoms with Gasteiger partial charge in [-0.25, -0.2) is 19.3 Å². The molecule has 0 unspecified atom stereocenters. The molecule has 2 fully saturated rings. The first kappa shape index (κ1) is 24.6. The molecule has 0 spiro atoms. The Labute approximate surface area is 223 Å². The SMILES string of the molecule is Cn1c(=O)n(-c2nc(C(=O)Nc3cccnc3N3CCNCC3)cs2)c2ccc(OC[C@@H]3CCCO3)cc21. The standard InChI is InChI=1S/C26H29N7O4S/c1-31-22-14-17(37-15-18-4-3-13-36-18)6-7-21(22)33(26(31)35)25-30-20(16-38-25)24(34)29-19-5-2-8-28-23(19)32-11-9-27-10-12-32/h2,5-8,14,16,18,27H,3-4,9-13,15H2,1H3,(H,29,34)/t18-/m0/s1. The lowest BCUT2D eigenvalue weighted by molar-refractivity contribution is 0.0680. The van der Waals surface area contributed by atoms with Gasteiger partial charge in [0.1, 0.15) is 18.1 Å². The number of carbonyl (C=O) groups is 1. The van der Waals surface area contributed by atoms with Crippen LogP contribution in [0.5, 0.6) is 5.75 Å². The molecule has 12 heteroatoms. The van der Waals surface area contributed by atoms with Crippen molar-refractivity contribution in [1.29, 1.82) is 0 Å². The van der Waals surface area contributed by atoms with Crippen molar-refractivity contribution in [3.05, 3.63) is 58.1 Å². The fourth-order valence-electron chi connectivity index (χ4n) is 4.84. The number of fused-ring (bicyclic) bond motifs is 1. The second kappa shape index (κ2) is 10.6. The van der Waals surface area contributed by atoms with E-state index >= 15 is 0 Å². The Kier molecular flexibility index (Phi) is 6.83. The molecule has 0 bridgehead atoms. The highest BCUT2D eigenvalue weighted by atomic mass is 32.1. The fourth-order valence-corrected chi connectivity index (χ4v) is 5.65. The number of piperazine rings is 1. The number of thiazole rings is 1. The van der Waals surface area contributed by atoms with Gasteiger partial charge in [0.05, 0.1) is 22.8 Å². The maximum atomic E-state index is 13.2. The molecule has 4 aromatic rings. The largest absolute Gasteiger partial charge is 0.491 e. The third-order valence-corrected chi connectivity index (χ3v) is 7.68. The monoisotopic (exact) mass is 535 g/mol. The van der Waals surface area contributed by atoms with Gasteiger partial charge in [-0.05, 0) is 37.1 Å². The zero-order chi connectivity index (χ0) is 26.1. The van der Waals surface area contributed by atoms with E-state index in [4.69, 9.17) is 9.47 Å². The smallest absolute Gasteiger partial charge is 0.335 e. The third-order valence-electron chi connectivity index (χ3n) is 6.85. The summed E-state index contributed by atoms with van der Waals surface area (Å²) in [5.41, 5.74) is 2.03. The highest BCUT2D eigenvalue weighted by Crippen LogP contribution is 2.27. The van der Waals surface area contributed by atoms with Gasteiger partial charge in [-0.2, -0.15) is 0 Å². The normalized spacial score (nSPS) is 17.7. The van der Waals surface area contributed by atoms with E-state index in [9.17, 15) is 9.59 Å². The maximum absolute atomic E-state index is 13.2. The number of carbonyl (C=O) groups excluding carboxylic acids is 1. The molecule has 1 atom stereocenters. The molecule has 2 saturated heterocycles. The third kappa shape index (κ3) is 4.77. The minimum atomic E-state index is -0.352. The van der Waals surface area contributed by atoms with Crippen LogP contribution in [0.3, 0.4) is 0 Å². The lowest BCUT2D eigenvalue weighted by Gasteiger charge is -2.29. The quantitative estimate of drug-likeness (QED) is 0.371. The van der Waals surface area contributed by atoms with Crippen LogP contribution in [0.15, 0.2) is 46.7 Å². The molecule has 6 rings (SSSR count). The Balaban J connectivity index is 1.23. The van der Waals surface area contributed by atoms with E-state index in [0.717, 1.165) is 57.0 Å². The molecule has 11 nitrogen and oxygen atoms in total. The predicted octanol–water partition coefficient (Wildman–Crippen LogP) is 2.40. The summed E-state index contributed by atoms with van der Waals surface area (Å²) in [6, 6.07) is 9.17. The highest BCUT2D eigenvalue weighted by Gasteiger charge is 2.21. The molecule has 3 aromatic heterocycles. The summed E-state index contributed by atoms with van der Waals surface area (Å²) in [5, 5.41) is 8.36. The first-order valence-corrected chi connectivity index (χ1v) is 13.6. The topological polar surface area (TPSA) is 116 Å². The Morgan fingerprint density at radius 3 is 2.95 bits per heavy atom. The van der Waals surface area contributed by atoms with Crippen molar-refractivity contribution in [3.63, 3.8) is 0 Å². The first-order valence-electron chi connectivity index (χ1n) is 12.7. The summed E-state index contributed by atoms with van der Waals surface area (Å²) < 4.78 is 14.6. The molecule has 5 heterocycles. The van der Waals surface area contributed by atoms with Crippen molar-refractivity contribution in [2.24, 2.45) is 7.05 Å². The number of pyridine rings is 1. The second-order valence-electron chi connectivity index (χ2n) is 9.35.